The second-order valence-electron chi connectivity index (χ2n) is 6.93. The van der Waals surface area contributed by atoms with E-state index in [0.717, 1.165) is 26.1 Å². The van der Waals surface area contributed by atoms with Crippen LogP contribution in [0.15, 0.2) is 0 Å². The van der Waals surface area contributed by atoms with Crippen LogP contribution in [0.4, 0.5) is 0 Å². The predicted molar refractivity (Wildman–Crippen MR) is 91.7 cm³/mol. The summed E-state index contributed by atoms with van der Waals surface area (Å²) in [5, 5.41) is 0. The number of nitrogens with zero attached hydrogens (tertiary/aromatic N) is 1. The Kier molecular flexibility index (Phi) is 10.3. The van der Waals surface area contributed by atoms with Gasteiger partial charge in [-0.05, 0) is 20.3 Å². The highest BCUT2D eigenvalue weighted by molar-refractivity contribution is 4.81. The van der Waals surface area contributed by atoms with Crippen LogP contribution >= 0.6 is 0 Å². The highest BCUT2D eigenvalue weighted by Crippen LogP contribution is 2.15. The van der Waals surface area contributed by atoms with E-state index >= 15 is 0 Å². The van der Waals surface area contributed by atoms with E-state index in [2.05, 4.69) is 25.7 Å². The molecule has 0 aromatic heterocycles. The molecule has 0 bridgehead atoms. The van der Waals surface area contributed by atoms with Gasteiger partial charge in [-0.2, -0.15) is 0 Å². The van der Waals surface area contributed by atoms with Gasteiger partial charge < -0.3 is 10.5 Å². The Balaban J connectivity index is 2.03. The predicted octanol–water partition coefficient (Wildman–Crippen LogP) is 3.95. The summed E-state index contributed by atoms with van der Waals surface area (Å²) >= 11 is 0. The summed E-state index contributed by atoms with van der Waals surface area (Å²) in [5.41, 5.74) is 6.34. The molecular weight excluding hydrogens is 260 g/mol. The number of hydrogen-bond acceptors (Lipinski definition) is 3. The minimum absolute atomic E-state index is 0.214. The average molecular weight is 299 g/mol. The van der Waals surface area contributed by atoms with E-state index in [-0.39, 0.29) is 12.1 Å². The highest BCUT2D eigenvalue weighted by atomic mass is 16.5. The van der Waals surface area contributed by atoms with Crippen molar-refractivity contribution >= 4 is 0 Å². The average Bonchev–Trinajstić information content (AvgIpc) is 2.49. The number of unbranched alkanes of at least 4 members (excludes halogenated alkanes) is 7. The Morgan fingerprint density at radius 2 is 1.67 bits per heavy atom. The molecule has 0 aliphatic carbocycles. The molecule has 1 aliphatic heterocycles. The van der Waals surface area contributed by atoms with Crippen LogP contribution in [0.5, 0.6) is 0 Å². The van der Waals surface area contributed by atoms with Crippen LogP contribution in [-0.4, -0.2) is 42.8 Å². The zero-order chi connectivity index (χ0) is 15.5. The zero-order valence-electron chi connectivity index (χ0n) is 14.7. The first-order valence-electron chi connectivity index (χ1n) is 9.26. The van der Waals surface area contributed by atoms with Gasteiger partial charge >= 0.3 is 0 Å². The van der Waals surface area contributed by atoms with Gasteiger partial charge in [0.2, 0.25) is 0 Å². The van der Waals surface area contributed by atoms with Crippen LogP contribution in [0, 0.1) is 0 Å². The fourth-order valence-corrected chi connectivity index (χ4v) is 3.12. The van der Waals surface area contributed by atoms with Crippen LogP contribution in [0.1, 0.15) is 78.6 Å². The van der Waals surface area contributed by atoms with Crippen molar-refractivity contribution in [2.24, 2.45) is 5.73 Å². The Morgan fingerprint density at radius 1 is 1.05 bits per heavy atom. The molecule has 1 aliphatic rings. The maximum absolute atomic E-state index is 6.34. The third-order valence-corrected chi connectivity index (χ3v) is 4.72. The second kappa shape index (κ2) is 11.4. The third kappa shape index (κ3) is 8.18. The van der Waals surface area contributed by atoms with Crippen molar-refractivity contribution in [2.75, 3.05) is 19.7 Å². The maximum Gasteiger partial charge on any atom is 0.0853 e. The lowest BCUT2D eigenvalue weighted by Crippen LogP contribution is -2.52. The molecule has 3 heteroatoms. The van der Waals surface area contributed by atoms with Gasteiger partial charge in [-0.3, -0.25) is 4.90 Å². The molecule has 1 fully saturated rings. The van der Waals surface area contributed by atoms with Crippen LogP contribution in [0.3, 0.4) is 0 Å². The molecule has 0 saturated carbocycles. The van der Waals surface area contributed by atoms with Crippen molar-refractivity contribution in [1.82, 2.24) is 4.90 Å². The number of nitrogens with two attached hydrogens (primary N) is 1. The van der Waals surface area contributed by atoms with Gasteiger partial charge in [-0.15, -0.1) is 0 Å². The van der Waals surface area contributed by atoms with Gasteiger partial charge in [0, 0.05) is 25.2 Å². The van der Waals surface area contributed by atoms with Crippen molar-refractivity contribution in [1.29, 1.82) is 0 Å². The second-order valence-corrected chi connectivity index (χ2v) is 6.93. The lowest BCUT2D eigenvalue weighted by atomic mass is 10.0. The molecule has 1 rings (SSSR count). The number of hydrogen-bond donors (Lipinski definition) is 1. The van der Waals surface area contributed by atoms with Gasteiger partial charge in [0.1, 0.15) is 0 Å². The van der Waals surface area contributed by atoms with Crippen LogP contribution in [-0.2, 0) is 4.74 Å². The van der Waals surface area contributed by atoms with E-state index in [1.807, 2.05) is 0 Å². The number of rotatable bonds is 11. The first kappa shape index (κ1) is 18.9. The molecule has 21 heavy (non-hydrogen) atoms. The van der Waals surface area contributed by atoms with E-state index in [4.69, 9.17) is 10.5 Å². The summed E-state index contributed by atoms with van der Waals surface area (Å²) in [6, 6.07) is 0.818. The number of ether oxygens (including phenoxy) is 1. The lowest BCUT2D eigenvalue weighted by molar-refractivity contribution is -0.0509. The largest absolute Gasteiger partial charge is 0.374 e. The first-order valence-corrected chi connectivity index (χ1v) is 9.26. The van der Waals surface area contributed by atoms with Gasteiger partial charge in [-0.25, -0.2) is 0 Å². The fourth-order valence-electron chi connectivity index (χ4n) is 3.12. The molecule has 0 aromatic carbocycles. The van der Waals surface area contributed by atoms with Gasteiger partial charge in [0.25, 0.3) is 0 Å². The Bertz CT molecular complexity index is 245. The fraction of sp³-hybridized carbons (Fsp3) is 1.00. The van der Waals surface area contributed by atoms with Gasteiger partial charge in [0.15, 0.2) is 0 Å². The molecule has 0 radical (unpaired) electrons. The summed E-state index contributed by atoms with van der Waals surface area (Å²) in [6.45, 7) is 9.69. The molecule has 1 saturated heterocycles. The van der Waals surface area contributed by atoms with Crippen LogP contribution in [0.2, 0.25) is 0 Å². The van der Waals surface area contributed by atoms with Crippen molar-refractivity contribution in [3.8, 4) is 0 Å². The molecule has 1 heterocycles. The molecule has 2 unspecified atom stereocenters. The molecular formula is C18H38N2O. The van der Waals surface area contributed by atoms with Crippen molar-refractivity contribution in [3.63, 3.8) is 0 Å². The molecule has 126 valence electrons. The summed E-state index contributed by atoms with van der Waals surface area (Å²) < 4.78 is 5.88. The van der Waals surface area contributed by atoms with Crippen molar-refractivity contribution < 1.29 is 4.74 Å². The van der Waals surface area contributed by atoms with Crippen molar-refractivity contribution in [3.05, 3.63) is 0 Å². The normalized spacial score (nSPS) is 21.9. The summed E-state index contributed by atoms with van der Waals surface area (Å²) in [6.07, 6.45) is 12.3. The highest BCUT2D eigenvalue weighted by Gasteiger charge is 2.26. The molecule has 0 amide bonds. The number of morpholine rings is 1. The van der Waals surface area contributed by atoms with E-state index in [9.17, 15) is 0 Å². The SMILES string of the molecule is CCCCCCCCCCC(N)C1CN(C(C)C)CCO1. The van der Waals surface area contributed by atoms with Crippen LogP contribution in [0.25, 0.3) is 0 Å². The Hall–Kier alpha value is -0.120. The summed E-state index contributed by atoms with van der Waals surface area (Å²) in [7, 11) is 0. The van der Waals surface area contributed by atoms with E-state index in [1.54, 1.807) is 0 Å². The summed E-state index contributed by atoms with van der Waals surface area (Å²) in [4.78, 5) is 2.49. The third-order valence-electron chi connectivity index (χ3n) is 4.72. The first-order chi connectivity index (χ1) is 10.1. The minimum Gasteiger partial charge on any atom is -0.374 e. The standard InChI is InChI=1S/C18H38N2O/c1-4-5-6-7-8-9-10-11-12-17(19)18-15-20(16(2)3)13-14-21-18/h16-18H,4-15,19H2,1-3H3. The molecule has 3 nitrogen and oxygen atoms in total. The van der Waals surface area contributed by atoms with E-state index in [0.29, 0.717) is 6.04 Å². The quantitative estimate of drug-likeness (QED) is 0.587. The van der Waals surface area contributed by atoms with Crippen molar-refractivity contribution in [2.45, 2.75) is 96.7 Å². The monoisotopic (exact) mass is 298 g/mol. The Labute approximate surface area is 132 Å². The van der Waals surface area contributed by atoms with Gasteiger partial charge in [0.05, 0.1) is 12.7 Å². The van der Waals surface area contributed by atoms with Gasteiger partial charge in [-0.1, -0.05) is 58.3 Å². The smallest absolute Gasteiger partial charge is 0.0853 e. The molecule has 2 atom stereocenters. The summed E-state index contributed by atoms with van der Waals surface area (Å²) in [5.74, 6) is 0. The van der Waals surface area contributed by atoms with Crippen LogP contribution < -0.4 is 5.73 Å². The topological polar surface area (TPSA) is 38.5 Å². The van der Waals surface area contributed by atoms with E-state index < -0.39 is 0 Å². The molecule has 0 spiro atoms. The van der Waals surface area contributed by atoms with E-state index in [1.165, 1.54) is 51.4 Å². The Morgan fingerprint density at radius 3 is 2.29 bits per heavy atom. The molecule has 2 N–H and O–H groups in total. The lowest BCUT2D eigenvalue weighted by Gasteiger charge is -2.37. The zero-order valence-corrected chi connectivity index (χ0v) is 14.7. The molecule has 0 aromatic rings. The minimum atomic E-state index is 0.214. The maximum atomic E-state index is 6.34.